The van der Waals surface area contributed by atoms with Crippen LogP contribution in [0.3, 0.4) is 0 Å². The van der Waals surface area contributed by atoms with Crippen molar-refractivity contribution in [3.63, 3.8) is 0 Å². The number of tetrazole rings is 1. The van der Waals surface area contributed by atoms with Crippen molar-refractivity contribution in [1.82, 2.24) is 30.4 Å². The quantitative estimate of drug-likeness (QED) is 0.762. The highest BCUT2D eigenvalue weighted by Gasteiger charge is 2.13. The molecule has 0 aliphatic carbocycles. The molecular weight excluding hydrogens is 326 g/mol. The molecule has 0 bridgehead atoms. The lowest BCUT2D eigenvalue weighted by Gasteiger charge is -2.04. The minimum Gasteiger partial charge on any atom is -0.296 e. The Hall–Kier alpha value is -2.68. The molecule has 1 amide bonds. The van der Waals surface area contributed by atoms with E-state index in [9.17, 15) is 4.79 Å². The van der Waals surface area contributed by atoms with Crippen LogP contribution in [0.5, 0.6) is 0 Å². The Kier molecular flexibility index (Phi) is 4.61. The van der Waals surface area contributed by atoms with E-state index in [1.807, 2.05) is 6.07 Å². The number of hydrogen-bond acceptors (Lipinski definition) is 7. The van der Waals surface area contributed by atoms with E-state index in [0.717, 1.165) is 17.0 Å². The number of nitrogens with one attached hydrogen (secondary N) is 1. The van der Waals surface area contributed by atoms with Gasteiger partial charge in [0.25, 0.3) is 5.91 Å². The van der Waals surface area contributed by atoms with E-state index >= 15 is 0 Å². The SMILES string of the molecule is CC(C)Cc1nnc(NC(=O)c2cccc(-c3nnnn3C)c2)s1. The number of hydrogen-bond donors (Lipinski definition) is 1. The third-order valence-corrected chi connectivity index (χ3v) is 4.13. The number of benzene rings is 1. The number of carbonyl (C=O) groups is 1. The Morgan fingerprint density at radius 3 is 2.83 bits per heavy atom. The molecule has 24 heavy (non-hydrogen) atoms. The van der Waals surface area contributed by atoms with Crippen LogP contribution in [0.25, 0.3) is 11.4 Å². The summed E-state index contributed by atoms with van der Waals surface area (Å²) in [6.07, 6.45) is 0.849. The first-order valence-electron chi connectivity index (χ1n) is 7.49. The van der Waals surface area contributed by atoms with Gasteiger partial charge < -0.3 is 0 Å². The molecule has 8 nitrogen and oxygen atoms in total. The van der Waals surface area contributed by atoms with Gasteiger partial charge in [0.15, 0.2) is 5.82 Å². The van der Waals surface area contributed by atoms with E-state index in [-0.39, 0.29) is 5.91 Å². The van der Waals surface area contributed by atoms with Crippen LogP contribution in [0, 0.1) is 5.92 Å². The number of aryl methyl sites for hydroxylation is 1. The van der Waals surface area contributed by atoms with E-state index in [2.05, 4.69) is 44.9 Å². The van der Waals surface area contributed by atoms with Gasteiger partial charge in [0.05, 0.1) is 0 Å². The molecule has 1 aromatic carbocycles. The Morgan fingerprint density at radius 1 is 1.29 bits per heavy atom. The Morgan fingerprint density at radius 2 is 2.12 bits per heavy atom. The predicted molar refractivity (Wildman–Crippen MR) is 90.6 cm³/mol. The highest BCUT2D eigenvalue weighted by Crippen LogP contribution is 2.20. The fraction of sp³-hybridized carbons (Fsp3) is 0.333. The van der Waals surface area contributed by atoms with Gasteiger partial charge >= 0.3 is 0 Å². The molecule has 2 heterocycles. The van der Waals surface area contributed by atoms with E-state index < -0.39 is 0 Å². The zero-order valence-corrected chi connectivity index (χ0v) is 14.4. The van der Waals surface area contributed by atoms with Crippen LogP contribution in [-0.2, 0) is 13.5 Å². The summed E-state index contributed by atoms with van der Waals surface area (Å²) in [6, 6.07) is 7.13. The molecule has 0 saturated heterocycles. The smallest absolute Gasteiger partial charge is 0.257 e. The molecule has 0 spiro atoms. The lowest BCUT2D eigenvalue weighted by molar-refractivity contribution is 0.102. The summed E-state index contributed by atoms with van der Waals surface area (Å²) in [5.74, 6) is 0.859. The second-order valence-electron chi connectivity index (χ2n) is 5.76. The summed E-state index contributed by atoms with van der Waals surface area (Å²) in [7, 11) is 1.75. The van der Waals surface area contributed by atoms with Crippen LogP contribution in [0.15, 0.2) is 24.3 Å². The van der Waals surface area contributed by atoms with E-state index in [1.54, 1.807) is 29.9 Å². The maximum Gasteiger partial charge on any atom is 0.257 e. The van der Waals surface area contributed by atoms with Crippen molar-refractivity contribution in [3.8, 4) is 11.4 Å². The summed E-state index contributed by atoms with van der Waals surface area (Å²) < 4.78 is 1.56. The molecular formula is C15H17N7OS. The monoisotopic (exact) mass is 343 g/mol. The summed E-state index contributed by atoms with van der Waals surface area (Å²) in [6.45, 7) is 4.24. The molecule has 0 aliphatic heterocycles. The third kappa shape index (κ3) is 3.62. The van der Waals surface area contributed by atoms with Crippen LogP contribution in [0.1, 0.15) is 29.2 Å². The van der Waals surface area contributed by atoms with Crippen molar-refractivity contribution in [3.05, 3.63) is 34.8 Å². The van der Waals surface area contributed by atoms with Gasteiger partial charge in [0.2, 0.25) is 5.13 Å². The van der Waals surface area contributed by atoms with E-state index in [4.69, 9.17) is 0 Å². The average Bonchev–Trinajstić information content (AvgIpc) is 3.16. The van der Waals surface area contributed by atoms with E-state index in [1.165, 1.54) is 11.3 Å². The molecule has 3 rings (SSSR count). The van der Waals surface area contributed by atoms with E-state index in [0.29, 0.717) is 22.4 Å². The first-order valence-corrected chi connectivity index (χ1v) is 8.31. The predicted octanol–water partition coefficient (Wildman–Crippen LogP) is 2.18. The van der Waals surface area contributed by atoms with Crippen molar-refractivity contribution >= 4 is 22.4 Å². The third-order valence-electron chi connectivity index (χ3n) is 3.27. The van der Waals surface area contributed by atoms with Gasteiger partial charge in [-0.2, -0.15) is 0 Å². The number of carbonyl (C=O) groups excluding carboxylic acids is 1. The number of aromatic nitrogens is 6. The maximum atomic E-state index is 12.4. The summed E-state index contributed by atoms with van der Waals surface area (Å²) in [4.78, 5) is 12.4. The molecule has 2 aromatic heterocycles. The summed E-state index contributed by atoms with van der Waals surface area (Å²) in [5.41, 5.74) is 1.28. The second kappa shape index (κ2) is 6.83. The lowest BCUT2D eigenvalue weighted by Crippen LogP contribution is -2.11. The van der Waals surface area contributed by atoms with Crippen LogP contribution in [0.2, 0.25) is 0 Å². The highest BCUT2D eigenvalue weighted by molar-refractivity contribution is 7.15. The molecule has 1 N–H and O–H groups in total. The van der Waals surface area contributed by atoms with Crippen LogP contribution >= 0.6 is 11.3 Å². The molecule has 0 fully saturated rings. The second-order valence-corrected chi connectivity index (χ2v) is 6.82. The van der Waals surface area contributed by atoms with Gasteiger partial charge in [-0.3, -0.25) is 10.1 Å². The van der Waals surface area contributed by atoms with Gasteiger partial charge in [0.1, 0.15) is 5.01 Å². The van der Waals surface area contributed by atoms with Crippen LogP contribution in [0.4, 0.5) is 5.13 Å². The van der Waals surface area contributed by atoms with Gasteiger partial charge in [-0.1, -0.05) is 37.3 Å². The maximum absolute atomic E-state index is 12.4. The zero-order valence-electron chi connectivity index (χ0n) is 13.6. The summed E-state index contributed by atoms with van der Waals surface area (Å²) in [5, 5.41) is 23.7. The van der Waals surface area contributed by atoms with Gasteiger partial charge in [-0.05, 0) is 28.5 Å². The molecule has 0 saturated carbocycles. The molecule has 124 valence electrons. The first-order chi connectivity index (χ1) is 11.5. The minimum atomic E-state index is -0.237. The summed E-state index contributed by atoms with van der Waals surface area (Å²) >= 11 is 1.40. The van der Waals surface area contributed by atoms with Gasteiger partial charge in [-0.25, -0.2) is 4.68 Å². The zero-order chi connectivity index (χ0) is 17.1. The Balaban J connectivity index is 1.76. The normalized spacial score (nSPS) is 11.0. The minimum absolute atomic E-state index is 0.237. The average molecular weight is 343 g/mol. The largest absolute Gasteiger partial charge is 0.296 e. The van der Waals surface area contributed by atoms with Crippen LogP contribution < -0.4 is 5.32 Å². The Bertz CT molecular complexity index is 855. The van der Waals surface area contributed by atoms with Crippen molar-refractivity contribution < 1.29 is 4.79 Å². The molecule has 0 atom stereocenters. The number of nitrogens with zero attached hydrogens (tertiary/aromatic N) is 6. The highest BCUT2D eigenvalue weighted by atomic mass is 32.1. The van der Waals surface area contributed by atoms with Crippen molar-refractivity contribution in [2.75, 3.05) is 5.32 Å². The standard InChI is InChI=1S/C15H17N7OS/c1-9(2)7-12-17-19-15(24-12)16-14(23)11-6-4-5-10(8-11)13-18-20-21-22(13)3/h4-6,8-9H,7H2,1-3H3,(H,16,19,23). The fourth-order valence-electron chi connectivity index (χ4n) is 2.18. The number of rotatable bonds is 5. The Labute approximate surface area is 142 Å². The van der Waals surface area contributed by atoms with Crippen molar-refractivity contribution in [2.24, 2.45) is 13.0 Å². The molecule has 9 heteroatoms. The molecule has 3 aromatic rings. The topological polar surface area (TPSA) is 98.5 Å². The van der Waals surface area contributed by atoms with Gasteiger partial charge in [-0.15, -0.1) is 15.3 Å². The fourth-order valence-corrected chi connectivity index (χ4v) is 3.13. The van der Waals surface area contributed by atoms with Crippen LogP contribution in [-0.4, -0.2) is 36.3 Å². The first kappa shape index (κ1) is 16.2. The van der Waals surface area contributed by atoms with Gasteiger partial charge in [0, 0.05) is 24.6 Å². The number of anilines is 1. The number of amides is 1. The lowest BCUT2D eigenvalue weighted by atomic mass is 10.1. The van der Waals surface area contributed by atoms with Crippen molar-refractivity contribution in [2.45, 2.75) is 20.3 Å². The molecule has 0 aliphatic rings. The molecule has 0 radical (unpaired) electrons. The van der Waals surface area contributed by atoms with Crippen molar-refractivity contribution in [1.29, 1.82) is 0 Å². The molecule has 0 unspecified atom stereocenters.